The van der Waals surface area contributed by atoms with Gasteiger partial charge in [0.25, 0.3) is 0 Å². The Kier molecular flexibility index (Phi) is 3.20. The smallest absolute Gasteiger partial charge is 0.322 e. The molecule has 88 valence electrons. The maximum atomic E-state index is 10.5. The van der Waals surface area contributed by atoms with Gasteiger partial charge in [-0.25, -0.2) is 4.57 Å². The molecule has 3 aliphatic rings. The zero-order valence-electron chi connectivity index (χ0n) is 8.84. The van der Waals surface area contributed by atoms with E-state index in [4.69, 9.17) is 9.79 Å². The molecule has 0 atom stereocenters. The molecule has 3 heterocycles. The monoisotopic (exact) mass is 236 g/mol. The highest BCUT2D eigenvalue weighted by Crippen LogP contribution is 2.37. The molecule has 2 N–H and O–H groups in total. The fourth-order valence-corrected chi connectivity index (χ4v) is 3.15. The molecule has 3 rings (SSSR count). The quantitative estimate of drug-likeness (QED) is 0.557. The second-order valence-electron chi connectivity index (χ2n) is 4.79. The summed E-state index contributed by atoms with van der Waals surface area (Å²) in [4.78, 5) is 17.2. The van der Waals surface area contributed by atoms with Crippen LogP contribution in [0.25, 0.3) is 0 Å². The van der Waals surface area contributed by atoms with Crippen molar-refractivity contribution >= 4 is 7.82 Å². The lowest BCUT2D eigenvalue weighted by Gasteiger charge is -2.49. The lowest BCUT2D eigenvalue weighted by Crippen LogP contribution is -2.59. The molecule has 2 bridgehead atoms. The number of phosphoric acid groups is 1. The number of nitrogens with zero attached hydrogens (tertiary/aromatic N) is 1. The minimum absolute atomic E-state index is 0.176. The first-order valence-electron chi connectivity index (χ1n) is 5.54. The SMILES string of the molecule is O=P(O)(O)OCC[N+]12CCC(CC1)CC2. The molecule has 3 saturated heterocycles. The van der Waals surface area contributed by atoms with Crippen LogP contribution >= 0.6 is 7.82 Å². The molecule has 0 saturated carbocycles. The van der Waals surface area contributed by atoms with Crippen LogP contribution in [0.15, 0.2) is 0 Å². The molecule has 0 amide bonds. The van der Waals surface area contributed by atoms with E-state index in [1.54, 1.807) is 0 Å². The largest absolute Gasteiger partial charge is 0.469 e. The van der Waals surface area contributed by atoms with E-state index in [1.165, 1.54) is 19.3 Å². The summed E-state index contributed by atoms with van der Waals surface area (Å²) in [6, 6.07) is 0. The van der Waals surface area contributed by atoms with Crippen LogP contribution in [0.2, 0.25) is 0 Å². The summed E-state index contributed by atoms with van der Waals surface area (Å²) < 4.78 is 16.1. The highest BCUT2D eigenvalue weighted by molar-refractivity contribution is 7.46. The minimum Gasteiger partial charge on any atom is -0.322 e. The van der Waals surface area contributed by atoms with Gasteiger partial charge in [0.2, 0.25) is 0 Å². The van der Waals surface area contributed by atoms with Crippen molar-refractivity contribution in [3.63, 3.8) is 0 Å². The maximum absolute atomic E-state index is 10.5. The van der Waals surface area contributed by atoms with E-state index in [-0.39, 0.29) is 6.61 Å². The molecule has 5 nitrogen and oxygen atoms in total. The van der Waals surface area contributed by atoms with E-state index in [9.17, 15) is 4.57 Å². The van der Waals surface area contributed by atoms with Crippen molar-refractivity contribution in [3.05, 3.63) is 0 Å². The highest BCUT2D eigenvalue weighted by atomic mass is 31.2. The van der Waals surface area contributed by atoms with Crippen molar-refractivity contribution in [1.29, 1.82) is 0 Å². The molecule has 3 aliphatic heterocycles. The lowest BCUT2D eigenvalue weighted by molar-refractivity contribution is -0.942. The lowest BCUT2D eigenvalue weighted by atomic mass is 9.86. The molecule has 0 aromatic rings. The summed E-state index contributed by atoms with van der Waals surface area (Å²) in [5.74, 6) is 0.910. The number of phosphoric ester groups is 1. The summed E-state index contributed by atoms with van der Waals surface area (Å²) in [6.07, 6.45) is 3.82. The van der Waals surface area contributed by atoms with Crippen molar-refractivity contribution in [2.24, 2.45) is 5.92 Å². The van der Waals surface area contributed by atoms with Crippen molar-refractivity contribution in [2.75, 3.05) is 32.8 Å². The molecule has 0 unspecified atom stereocenters. The third-order valence-corrected chi connectivity index (χ3v) is 4.38. The summed E-state index contributed by atoms with van der Waals surface area (Å²) in [5.41, 5.74) is 0. The number of hydrogen-bond donors (Lipinski definition) is 2. The normalized spacial score (nSPS) is 35.7. The second kappa shape index (κ2) is 4.15. The van der Waals surface area contributed by atoms with Gasteiger partial charge in [0.05, 0.1) is 19.6 Å². The first-order chi connectivity index (χ1) is 6.99. The minimum atomic E-state index is -4.27. The molecule has 3 fully saturated rings. The molecular formula is C9H19NO4P+. The molecule has 0 aromatic heterocycles. The summed E-state index contributed by atoms with van der Waals surface area (Å²) >= 11 is 0. The summed E-state index contributed by atoms with van der Waals surface area (Å²) in [7, 11) is -4.27. The first-order valence-corrected chi connectivity index (χ1v) is 7.07. The maximum Gasteiger partial charge on any atom is 0.469 e. The number of hydrogen-bond acceptors (Lipinski definition) is 2. The number of fused-ring (bicyclic) bond motifs is 3. The van der Waals surface area contributed by atoms with Gasteiger partial charge in [0.15, 0.2) is 0 Å². The Morgan fingerprint density at radius 2 is 1.73 bits per heavy atom. The van der Waals surface area contributed by atoms with Gasteiger partial charge in [-0.05, 0) is 25.2 Å². The Hall–Kier alpha value is 0.0700. The second-order valence-corrected chi connectivity index (χ2v) is 6.03. The van der Waals surface area contributed by atoms with E-state index in [0.29, 0.717) is 0 Å². The van der Waals surface area contributed by atoms with Crippen LogP contribution in [0.3, 0.4) is 0 Å². The molecule has 15 heavy (non-hydrogen) atoms. The molecular weight excluding hydrogens is 217 g/mol. The first kappa shape index (κ1) is 11.6. The summed E-state index contributed by atoms with van der Waals surface area (Å²) in [6.45, 7) is 4.41. The Balaban J connectivity index is 1.80. The third-order valence-electron chi connectivity index (χ3n) is 3.86. The van der Waals surface area contributed by atoms with Crippen molar-refractivity contribution in [1.82, 2.24) is 0 Å². The van der Waals surface area contributed by atoms with Gasteiger partial charge in [-0.15, -0.1) is 0 Å². The van der Waals surface area contributed by atoms with Gasteiger partial charge in [-0.2, -0.15) is 0 Å². The van der Waals surface area contributed by atoms with Crippen molar-refractivity contribution in [3.8, 4) is 0 Å². The van der Waals surface area contributed by atoms with E-state index in [2.05, 4.69) is 4.52 Å². The van der Waals surface area contributed by atoms with E-state index >= 15 is 0 Å². The van der Waals surface area contributed by atoms with Gasteiger partial charge >= 0.3 is 7.82 Å². The fourth-order valence-electron chi connectivity index (χ4n) is 2.83. The van der Waals surface area contributed by atoms with Crippen molar-refractivity contribution < 1.29 is 23.4 Å². The topological polar surface area (TPSA) is 66.8 Å². The van der Waals surface area contributed by atoms with Crippen LogP contribution in [-0.4, -0.2) is 47.1 Å². The number of rotatable bonds is 4. The molecule has 0 radical (unpaired) electrons. The van der Waals surface area contributed by atoms with Gasteiger partial charge in [-0.3, -0.25) is 4.52 Å². The predicted molar refractivity (Wildman–Crippen MR) is 55.1 cm³/mol. The zero-order valence-corrected chi connectivity index (χ0v) is 9.73. The van der Waals surface area contributed by atoms with E-state index in [1.807, 2.05) is 0 Å². The molecule has 0 aliphatic carbocycles. The average Bonchev–Trinajstić information content (AvgIpc) is 2.18. The van der Waals surface area contributed by atoms with Crippen LogP contribution in [0.4, 0.5) is 0 Å². The number of quaternary nitrogens is 1. The van der Waals surface area contributed by atoms with Crippen LogP contribution in [0.1, 0.15) is 19.3 Å². The number of piperidine rings is 3. The Labute approximate surface area is 89.9 Å². The molecule has 0 spiro atoms. The highest BCUT2D eigenvalue weighted by Gasteiger charge is 2.39. The molecule has 0 aromatic carbocycles. The van der Waals surface area contributed by atoms with E-state index < -0.39 is 7.82 Å². The van der Waals surface area contributed by atoms with Crippen molar-refractivity contribution in [2.45, 2.75) is 19.3 Å². The van der Waals surface area contributed by atoms with Crippen LogP contribution < -0.4 is 0 Å². The van der Waals surface area contributed by atoms with Gasteiger partial charge in [0, 0.05) is 0 Å². The van der Waals surface area contributed by atoms with Gasteiger partial charge in [-0.1, -0.05) is 0 Å². The van der Waals surface area contributed by atoms with Gasteiger partial charge < -0.3 is 14.3 Å². The Morgan fingerprint density at radius 1 is 1.20 bits per heavy atom. The standard InChI is InChI=1S/C9H18NO4P/c11-15(12,13)14-8-7-10-4-1-9(2-5-10)3-6-10/h9H,1-8H2,(H-,11,12,13)/p+1. The Morgan fingerprint density at radius 3 is 2.20 bits per heavy atom. The Bertz CT molecular complexity index is 256. The fraction of sp³-hybridized carbons (Fsp3) is 1.00. The zero-order chi connectivity index (χ0) is 10.9. The van der Waals surface area contributed by atoms with Crippen LogP contribution in [-0.2, 0) is 9.09 Å². The van der Waals surface area contributed by atoms with Crippen LogP contribution in [0.5, 0.6) is 0 Å². The van der Waals surface area contributed by atoms with Crippen LogP contribution in [0, 0.1) is 5.92 Å². The van der Waals surface area contributed by atoms with Gasteiger partial charge in [0.1, 0.15) is 13.2 Å². The molecule has 6 heteroatoms. The summed E-state index contributed by atoms with van der Waals surface area (Å²) in [5, 5.41) is 0. The third kappa shape index (κ3) is 3.02. The average molecular weight is 236 g/mol. The predicted octanol–water partition coefficient (Wildman–Crippen LogP) is 0.726. The van der Waals surface area contributed by atoms with E-state index in [0.717, 1.165) is 36.6 Å².